The van der Waals surface area contributed by atoms with Gasteiger partial charge in [-0.2, -0.15) is 0 Å². The van der Waals surface area contributed by atoms with Crippen LogP contribution in [-0.2, 0) is 4.79 Å². The number of fused-ring (bicyclic) bond motifs is 2. The molecule has 0 saturated carbocycles. The topological polar surface area (TPSA) is 110 Å². The van der Waals surface area contributed by atoms with E-state index in [2.05, 4.69) is 33.6 Å². The lowest BCUT2D eigenvalue weighted by Gasteiger charge is -2.31. The smallest absolute Gasteiger partial charge is 0.270 e. The predicted octanol–water partition coefficient (Wildman–Crippen LogP) is 4.77. The highest BCUT2D eigenvalue weighted by molar-refractivity contribution is 6.00. The van der Waals surface area contributed by atoms with Crippen LogP contribution in [0.25, 0.3) is 21.8 Å². The number of H-pyrrole nitrogens is 2. The number of likely N-dealkylation sites (tertiary alicyclic amines) is 1. The number of aromatic amines is 2. The maximum atomic E-state index is 13.5. The van der Waals surface area contributed by atoms with Gasteiger partial charge in [0.1, 0.15) is 17.4 Å². The molecule has 0 aliphatic carbocycles. The van der Waals surface area contributed by atoms with Crippen molar-refractivity contribution in [2.24, 2.45) is 11.3 Å². The molecule has 3 atom stereocenters. The number of carbonyl (C=O) groups is 3. The molecule has 0 spiro atoms. The van der Waals surface area contributed by atoms with Crippen LogP contribution in [-0.4, -0.2) is 57.8 Å². The number of amides is 3. The van der Waals surface area contributed by atoms with Crippen molar-refractivity contribution in [3.63, 3.8) is 0 Å². The Kier molecular flexibility index (Phi) is 6.97. The molecule has 204 valence electrons. The Hall–Kier alpha value is -4.07. The molecule has 5 rings (SSSR count). The molecule has 1 aliphatic heterocycles. The second-order valence-corrected chi connectivity index (χ2v) is 12.0. The molecule has 1 fully saturated rings. The van der Waals surface area contributed by atoms with Gasteiger partial charge in [-0.3, -0.25) is 14.4 Å². The molecule has 1 saturated heterocycles. The summed E-state index contributed by atoms with van der Waals surface area (Å²) < 4.78 is 0. The number of hydrogen-bond acceptors (Lipinski definition) is 3. The normalized spacial score (nSPS) is 18.4. The summed E-state index contributed by atoms with van der Waals surface area (Å²) in [5.74, 6) is -0.337. The van der Waals surface area contributed by atoms with Gasteiger partial charge in [0.2, 0.25) is 5.91 Å². The quantitative estimate of drug-likeness (QED) is 0.290. The van der Waals surface area contributed by atoms with E-state index in [-0.39, 0.29) is 23.8 Å². The zero-order chi connectivity index (χ0) is 27.9. The summed E-state index contributed by atoms with van der Waals surface area (Å²) in [7, 11) is 0. The van der Waals surface area contributed by atoms with Gasteiger partial charge < -0.3 is 25.5 Å². The van der Waals surface area contributed by atoms with Crippen LogP contribution >= 0.6 is 0 Å². The number of benzene rings is 2. The summed E-state index contributed by atoms with van der Waals surface area (Å²) in [6.45, 7) is 10.9. The average Bonchev–Trinajstić information content (AvgIpc) is 3.60. The summed E-state index contributed by atoms with van der Waals surface area (Å²) >= 11 is 0. The lowest BCUT2D eigenvalue weighted by atomic mass is 9.86. The number of rotatable bonds is 6. The van der Waals surface area contributed by atoms with Crippen molar-refractivity contribution < 1.29 is 14.4 Å². The zero-order valence-electron chi connectivity index (χ0n) is 23.2. The zero-order valence-corrected chi connectivity index (χ0v) is 23.2. The molecule has 0 unspecified atom stereocenters. The van der Waals surface area contributed by atoms with Crippen LogP contribution in [0.4, 0.5) is 0 Å². The maximum Gasteiger partial charge on any atom is 0.270 e. The van der Waals surface area contributed by atoms with Crippen LogP contribution in [0.1, 0.15) is 60.7 Å². The fourth-order valence-corrected chi connectivity index (χ4v) is 5.52. The highest BCUT2D eigenvalue weighted by atomic mass is 16.2. The van der Waals surface area contributed by atoms with Crippen molar-refractivity contribution in [2.45, 2.75) is 53.1 Å². The van der Waals surface area contributed by atoms with E-state index in [4.69, 9.17) is 0 Å². The maximum absolute atomic E-state index is 13.5. The van der Waals surface area contributed by atoms with Crippen LogP contribution in [0.5, 0.6) is 0 Å². The molecule has 4 aromatic rings. The minimum absolute atomic E-state index is 0.0630. The molecular formula is C31H37N5O3. The third-order valence-corrected chi connectivity index (χ3v) is 7.58. The monoisotopic (exact) mass is 527 g/mol. The van der Waals surface area contributed by atoms with E-state index in [1.807, 2.05) is 75.1 Å². The van der Waals surface area contributed by atoms with Crippen molar-refractivity contribution in [1.29, 1.82) is 0 Å². The van der Waals surface area contributed by atoms with Gasteiger partial charge in [0.25, 0.3) is 11.8 Å². The van der Waals surface area contributed by atoms with Gasteiger partial charge >= 0.3 is 0 Å². The number of aryl methyl sites for hydroxylation is 1. The Bertz CT molecular complexity index is 1510. The Balaban J connectivity index is 1.27. The third kappa shape index (κ3) is 5.55. The van der Waals surface area contributed by atoms with Crippen molar-refractivity contribution in [1.82, 2.24) is 25.5 Å². The fourth-order valence-electron chi connectivity index (χ4n) is 5.52. The molecule has 0 bridgehead atoms. The molecule has 2 aromatic carbocycles. The largest absolute Gasteiger partial charge is 0.352 e. The molecule has 3 heterocycles. The predicted molar refractivity (Wildman–Crippen MR) is 154 cm³/mol. The minimum Gasteiger partial charge on any atom is -0.352 e. The Morgan fingerprint density at radius 2 is 1.67 bits per heavy atom. The molecule has 39 heavy (non-hydrogen) atoms. The summed E-state index contributed by atoms with van der Waals surface area (Å²) in [6.07, 6.45) is 0.799. The number of hydrogen-bond donors (Lipinski definition) is 4. The summed E-state index contributed by atoms with van der Waals surface area (Å²) in [5.41, 5.74) is 3.38. The van der Waals surface area contributed by atoms with Crippen LogP contribution in [0.2, 0.25) is 0 Å². The van der Waals surface area contributed by atoms with Gasteiger partial charge in [-0.05, 0) is 55.0 Å². The van der Waals surface area contributed by atoms with Crippen molar-refractivity contribution >= 4 is 39.5 Å². The molecule has 8 nitrogen and oxygen atoms in total. The summed E-state index contributed by atoms with van der Waals surface area (Å²) in [6, 6.07) is 16.5. The van der Waals surface area contributed by atoms with E-state index >= 15 is 0 Å². The highest BCUT2D eigenvalue weighted by Gasteiger charge is 2.37. The van der Waals surface area contributed by atoms with E-state index in [1.54, 1.807) is 6.07 Å². The number of carbonyl (C=O) groups excluding carboxylic acids is 3. The Labute approximate surface area is 228 Å². The van der Waals surface area contributed by atoms with E-state index < -0.39 is 11.5 Å². The minimum atomic E-state index is -0.753. The van der Waals surface area contributed by atoms with E-state index in [9.17, 15) is 14.4 Å². The third-order valence-electron chi connectivity index (χ3n) is 7.58. The lowest BCUT2D eigenvalue weighted by Crippen LogP contribution is -2.55. The Morgan fingerprint density at radius 3 is 2.41 bits per heavy atom. The van der Waals surface area contributed by atoms with Gasteiger partial charge in [-0.1, -0.05) is 57.5 Å². The van der Waals surface area contributed by atoms with Crippen molar-refractivity contribution in [3.8, 4) is 0 Å². The van der Waals surface area contributed by atoms with Gasteiger partial charge in [0, 0.05) is 40.9 Å². The van der Waals surface area contributed by atoms with Gasteiger partial charge in [0.05, 0.1) is 0 Å². The van der Waals surface area contributed by atoms with Gasteiger partial charge in [-0.15, -0.1) is 0 Å². The molecule has 1 aliphatic rings. The van der Waals surface area contributed by atoms with E-state index in [1.165, 1.54) is 0 Å². The molecule has 2 aromatic heterocycles. The number of aromatic nitrogens is 2. The van der Waals surface area contributed by atoms with Crippen molar-refractivity contribution in [2.75, 3.05) is 13.1 Å². The van der Waals surface area contributed by atoms with Crippen LogP contribution < -0.4 is 10.6 Å². The lowest BCUT2D eigenvalue weighted by molar-refractivity contribution is -0.125. The van der Waals surface area contributed by atoms with Crippen LogP contribution in [0.15, 0.2) is 54.6 Å². The standard InChI is InChI=1S/C31H37N5O3/c1-18-10-11-24-21(12-18)15-26(34-24)30(39)36-17-19(2)13-22(36)16-32-29(38)27(31(3,4)5)35-28(37)25-14-20-8-6-7-9-23(20)33-25/h6-12,14-15,19,22,27,33-34H,13,16-17H2,1-5H3,(H,32,38)(H,35,37)/t19-,22-,27+/m0/s1. The summed E-state index contributed by atoms with van der Waals surface area (Å²) in [4.78, 5) is 48.2. The second-order valence-electron chi connectivity index (χ2n) is 12.0. The van der Waals surface area contributed by atoms with Gasteiger partial charge in [-0.25, -0.2) is 0 Å². The molecule has 8 heteroatoms. The number of para-hydroxylation sites is 1. The molecule has 4 N–H and O–H groups in total. The fraction of sp³-hybridized carbons (Fsp3) is 0.387. The average molecular weight is 528 g/mol. The van der Waals surface area contributed by atoms with Gasteiger partial charge in [0.15, 0.2) is 0 Å². The summed E-state index contributed by atoms with van der Waals surface area (Å²) in [5, 5.41) is 7.91. The first-order chi connectivity index (χ1) is 18.5. The first-order valence-corrected chi connectivity index (χ1v) is 13.6. The Morgan fingerprint density at radius 1 is 0.974 bits per heavy atom. The number of nitrogens with zero attached hydrogens (tertiary/aromatic N) is 1. The van der Waals surface area contributed by atoms with Crippen molar-refractivity contribution in [3.05, 3.63) is 71.5 Å². The highest BCUT2D eigenvalue weighted by Crippen LogP contribution is 2.27. The number of nitrogens with one attached hydrogen (secondary N) is 4. The molecular weight excluding hydrogens is 490 g/mol. The van der Waals surface area contributed by atoms with E-state index in [0.717, 1.165) is 33.8 Å². The van der Waals surface area contributed by atoms with E-state index in [0.29, 0.717) is 30.4 Å². The van der Waals surface area contributed by atoms with Crippen LogP contribution in [0.3, 0.4) is 0 Å². The SMILES string of the molecule is Cc1ccc2[nH]c(C(=O)N3C[C@@H](C)C[C@H]3CNC(=O)[C@@H](NC(=O)c3cc4ccccc4[nH]3)C(C)(C)C)cc2c1. The molecule has 3 amide bonds. The first kappa shape index (κ1) is 26.5. The molecule has 0 radical (unpaired) electrons. The van der Waals surface area contributed by atoms with Crippen LogP contribution in [0, 0.1) is 18.3 Å². The second kappa shape index (κ2) is 10.2. The first-order valence-electron chi connectivity index (χ1n) is 13.6.